The maximum atomic E-state index is 6.08. The first-order valence-electron chi connectivity index (χ1n) is 6.00. The molecule has 1 aromatic heterocycles. The molecule has 1 aliphatic carbocycles. The molecule has 0 saturated carbocycles. The Bertz CT molecular complexity index is 507. The van der Waals surface area contributed by atoms with Gasteiger partial charge in [-0.3, -0.25) is 4.98 Å². The molecule has 1 unspecified atom stereocenters. The van der Waals surface area contributed by atoms with Gasteiger partial charge >= 0.3 is 0 Å². The van der Waals surface area contributed by atoms with Crippen LogP contribution in [-0.4, -0.2) is 11.5 Å². The van der Waals surface area contributed by atoms with E-state index in [2.05, 4.69) is 29.2 Å². The number of nitrogens with zero attached hydrogens (tertiary/aromatic N) is 1. The Morgan fingerprint density at radius 3 is 3.00 bits per heavy atom. The molecule has 0 saturated heterocycles. The number of fused-ring (bicyclic) bond motifs is 1. The fraction of sp³-hybridized carbons (Fsp3) is 0.357. The number of rotatable bonds is 3. The van der Waals surface area contributed by atoms with Gasteiger partial charge in [-0.05, 0) is 30.4 Å². The van der Waals surface area contributed by atoms with Crippen molar-refractivity contribution in [2.45, 2.75) is 24.7 Å². The fourth-order valence-corrected chi connectivity index (χ4v) is 3.63. The molecule has 88 valence electrons. The van der Waals surface area contributed by atoms with Crippen LogP contribution in [0.4, 0.5) is 0 Å². The molecule has 0 fully saturated rings. The predicted molar refractivity (Wildman–Crippen MR) is 71.3 cm³/mol. The molecule has 1 aromatic carbocycles. The van der Waals surface area contributed by atoms with Crippen molar-refractivity contribution in [3.63, 3.8) is 0 Å². The molecule has 0 amide bonds. The molecule has 3 rings (SSSR count). The van der Waals surface area contributed by atoms with Crippen LogP contribution < -0.4 is 5.73 Å². The molecule has 17 heavy (non-hydrogen) atoms. The van der Waals surface area contributed by atoms with E-state index in [0.29, 0.717) is 0 Å². The van der Waals surface area contributed by atoms with Crippen LogP contribution in [0, 0.1) is 0 Å². The highest BCUT2D eigenvalue weighted by Crippen LogP contribution is 2.41. The van der Waals surface area contributed by atoms with Gasteiger partial charge in [-0.2, -0.15) is 0 Å². The lowest BCUT2D eigenvalue weighted by molar-refractivity contribution is 0.434. The SMILES string of the molecule is NCC1(Cc2cncs2)CCc2ccccc21. The zero-order valence-corrected chi connectivity index (χ0v) is 10.5. The van der Waals surface area contributed by atoms with Gasteiger partial charge < -0.3 is 5.73 Å². The molecule has 2 aromatic rings. The molecule has 1 atom stereocenters. The second kappa shape index (κ2) is 4.24. The molecule has 0 bridgehead atoms. The molecular formula is C14H16N2S. The normalized spacial score (nSPS) is 22.6. The average molecular weight is 244 g/mol. The minimum atomic E-state index is 0.142. The van der Waals surface area contributed by atoms with E-state index in [-0.39, 0.29) is 5.41 Å². The molecule has 1 heterocycles. The van der Waals surface area contributed by atoms with Crippen molar-refractivity contribution in [1.82, 2.24) is 4.98 Å². The number of aromatic nitrogens is 1. The highest BCUT2D eigenvalue weighted by atomic mass is 32.1. The highest BCUT2D eigenvalue weighted by molar-refractivity contribution is 7.09. The maximum Gasteiger partial charge on any atom is 0.0794 e. The molecule has 1 aliphatic rings. The van der Waals surface area contributed by atoms with Crippen molar-refractivity contribution in [2.75, 3.05) is 6.54 Å². The van der Waals surface area contributed by atoms with E-state index >= 15 is 0 Å². The van der Waals surface area contributed by atoms with E-state index in [9.17, 15) is 0 Å². The maximum absolute atomic E-state index is 6.08. The van der Waals surface area contributed by atoms with Gasteiger partial charge in [-0.1, -0.05) is 24.3 Å². The Kier molecular flexibility index (Phi) is 2.73. The molecular weight excluding hydrogens is 228 g/mol. The topological polar surface area (TPSA) is 38.9 Å². The highest BCUT2D eigenvalue weighted by Gasteiger charge is 2.37. The summed E-state index contributed by atoms with van der Waals surface area (Å²) >= 11 is 1.73. The van der Waals surface area contributed by atoms with Crippen LogP contribution in [0.2, 0.25) is 0 Å². The zero-order chi connectivity index (χ0) is 11.7. The third-order valence-electron chi connectivity index (χ3n) is 3.85. The summed E-state index contributed by atoms with van der Waals surface area (Å²) in [5.41, 5.74) is 11.1. The molecule has 0 spiro atoms. The third-order valence-corrected chi connectivity index (χ3v) is 4.63. The van der Waals surface area contributed by atoms with Crippen molar-refractivity contribution in [2.24, 2.45) is 5.73 Å². The standard InChI is InChI=1S/C14H16N2S/c15-9-14(7-12-8-16-10-17-12)6-5-11-3-1-2-4-13(11)14/h1-4,8,10H,5-7,9,15H2. The first-order chi connectivity index (χ1) is 8.34. The Hall–Kier alpha value is -1.19. The van der Waals surface area contributed by atoms with E-state index < -0.39 is 0 Å². The summed E-state index contributed by atoms with van der Waals surface area (Å²) in [6.45, 7) is 0.724. The van der Waals surface area contributed by atoms with E-state index in [4.69, 9.17) is 5.73 Å². The summed E-state index contributed by atoms with van der Waals surface area (Å²) in [4.78, 5) is 5.50. The quantitative estimate of drug-likeness (QED) is 0.901. The van der Waals surface area contributed by atoms with Gasteiger partial charge in [0.15, 0.2) is 0 Å². The number of hydrogen-bond acceptors (Lipinski definition) is 3. The molecule has 2 nitrogen and oxygen atoms in total. The third kappa shape index (κ3) is 1.79. The van der Waals surface area contributed by atoms with Crippen LogP contribution in [0.25, 0.3) is 0 Å². The summed E-state index contributed by atoms with van der Waals surface area (Å²) in [5, 5.41) is 0. The molecule has 2 N–H and O–H groups in total. The second-order valence-corrected chi connectivity index (χ2v) is 5.76. The Balaban J connectivity index is 1.99. The van der Waals surface area contributed by atoms with Crippen molar-refractivity contribution in [1.29, 1.82) is 0 Å². The minimum Gasteiger partial charge on any atom is -0.330 e. The van der Waals surface area contributed by atoms with Gasteiger partial charge in [0, 0.05) is 23.0 Å². The smallest absolute Gasteiger partial charge is 0.0794 e. The minimum absolute atomic E-state index is 0.142. The number of aryl methyl sites for hydroxylation is 1. The van der Waals surface area contributed by atoms with Gasteiger partial charge in [0.05, 0.1) is 5.51 Å². The summed E-state index contributed by atoms with van der Waals surface area (Å²) < 4.78 is 0. The van der Waals surface area contributed by atoms with Crippen molar-refractivity contribution in [3.8, 4) is 0 Å². The van der Waals surface area contributed by atoms with Crippen LogP contribution in [0.15, 0.2) is 36.0 Å². The van der Waals surface area contributed by atoms with Crippen LogP contribution in [0.3, 0.4) is 0 Å². The molecule has 0 aliphatic heterocycles. The predicted octanol–water partition coefficient (Wildman–Crippen LogP) is 2.53. The Morgan fingerprint density at radius 1 is 1.35 bits per heavy atom. The van der Waals surface area contributed by atoms with E-state index in [0.717, 1.165) is 19.4 Å². The lowest BCUT2D eigenvalue weighted by Gasteiger charge is -2.28. The van der Waals surface area contributed by atoms with E-state index in [1.807, 2.05) is 11.7 Å². The lowest BCUT2D eigenvalue weighted by atomic mass is 9.78. The van der Waals surface area contributed by atoms with Gasteiger partial charge in [0.1, 0.15) is 0 Å². The number of thiazole rings is 1. The monoisotopic (exact) mass is 244 g/mol. The lowest BCUT2D eigenvalue weighted by Crippen LogP contribution is -2.34. The Labute approximate surface area is 106 Å². The average Bonchev–Trinajstić information content (AvgIpc) is 2.99. The van der Waals surface area contributed by atoms with Crippen molar-refractivity contribution >= 4 is 11.3 Å². The number of nitrogens with two attached hydrogens (primary N) is 1. The largest absolute Gasteiger partial charge is 0.330 e. The van der Waals surface area contributed by atoms with Crippen LogP contribution in [0.5, 0.6) is 0 Å². The number of benzene rings is 1. The summed E-state index contributed by atoms with van der Waals surface area (Å²) in [5.74, 6) is 0. The van der Waals surface area contributed by atoms with Crippen LogP contribution in [-0.2, 0) is 18.3 Å². The van der Waals surface area contributed by atoms with Crippen LogP contribution in [0.1, 0.15) is 22.4 Å². The fourth-order valence-electron chi connectivity index (χ4n) is 2.90. The summed E-state index contributed by atoms with van der Waals surface area (Å²) in [6, 6.07) is 8.73. The van der Waals surface area contributed by atoms with Crippen molar-refractivity contribution in [3.05, 3.63) is 52.0 Å². The first-order valence-corrected chi connectivity index (χ1v) is 6.88. The summed E-state index contributed by atoms with van der Waals surface area (Å²) in [6.07, 6.45) is 5.33. The van der Waals surface area contributed by atoms with E-state index in [1.165, 1.54) is 22.4 Å². The zero-order valence-electron chi connectivity index (χ0n) is 9.73. The number of hydrogen-bond donors (Lipinski definition) is 1. The van der Waals surface area contributed by atoms with Gasteiger partial charge in [0.2, 0.25) is 0 Å². The van der Waals surface area contributed by atoms with Crippen molar-refractivity contribution < 1.29 is 0 Å². The first kappa shape index (κ1) is 10.9. The molecule has 0 radical (unpaired) electrons. The second-order valence-electron chi connectivity index (χ2n) is 4.79. The van der Waals surface area contributed by atoms with Gasteiger partial charge in [-0.15, -0.1) is 11.3 Å². The van der Waals surface area contributed by atoms with E-state index in [1.54, 1.807) is 11.3 Å². The Morgan fingerprint density at radius 2 is 2.24 bits per heavy atom. The van der Waals surface area contributed by atoms with Gasteiger partial charge in [-0.25, -0.2) is 0 Å². The molecule has 3 heteroatoms. The summed E-state index contributed by atoms with van der Waals surface area (Å²) in [7, 11) is 0. The van der Waals surface area contributed by atoms with Crippen LogP contribution >= 0.6 is 11.3 Å². The van der Waals surface area contributed by atoms with Gasteiger partial charge in [0.25, 0.3) is 0 Å².